The average Bonchev–Trinajstić information content (AvgIpc) is 3.10. The van der Waals surface area contributed by atoms with Crippen molar-refractivity contribution in [1.82, 2.24) is 0 Å². The van der Waals surface area contributed by atoms with Gasteiger partial charge in [-0.3, -0.25) is 0 Å². The minimum Gasteiger partial charge on any atom is -0.394 e. The highest BCUT2D eigenvalue weighted by Gasteiger charge is 2.44. The van der Waals surface area contributed by atoms with E-state index in [1.807, 2.05) is 12.1 Å². The van der Waals surface area contributed by atoms with Crippen molar-refractivity contribution >= 4 is 0 Å². The van der Waals surface area contributed by atoms with Gasteiger partial charge in [-0.05, 0) is 24.0 Å². The van der Waals surface area contributed by atoms with Crippen molar-refractivity contribution in [3.05, 3.63) is 35.4 Å². The molecule has 0 aromatic heterocycles. The Labute approximate surface area is 96.2 Å². The zero-order valence-electron chi connectivity index (χ0n) is 9.65. The highest BCUT2D eigenvalue weighted by atomic mass is 16.5. The monoisotopic (exact) mass is 221 g/mol. The normalized spacial score (nSPS) is 19.4. The van der Waals surface area contributed by atoms with Crippen LogP contribution in [-0.4, -0.2) is 25.4 Å². The molecule has 0 saturated heterocycles. The Morgan fingerprint density at radius 1 is 1.38 bits per heavy atom. The molecule has 0 amide bonds. The van der Waals surface area contributed by atoms with Crippen molar-refractivity contribution in [1.29, 1.82) is 0 Å². The molecule has 3 N–H and O–H groups in total. The highest BCUT2D eigenvalue weighted by Crippen LogP contribution is 2.48. The number of benzene rings is 1. The molecule has 1 unspecified atom stereocenters. The minimum atomic E-state index is -0.272. The number of aliphatic hydroxyl groups is 1. The van der Waals surface area contributed by atoms with E-state index in [2.05, 4.69) is 12.1 Å². The topological polar surface area (TPSA) is 55.5 Å². The van der Waals surface area contributed by atoms with E-state index in [4.69, 9.17) is 15.6 Å². The minimum absolute atomic E-state index is 0.0113. The van der Waals surface area contributed by atoms with E-state index in [1.54, 1.807) is 7.11 Å². The van der Waals surface area contributed by atoms with Gasteiger partial charge in [-0.2, -0.15) is 0 Å². The third kappa shape index (κ3) is 2.12. The molecule has 3 heteroatoms. The van der Waals surface area contributed by atoms with Gasteiger partial charge in [-0.25, -0.2) is 0 Å². The summed E-state index contributed by atoms with van der Waals surface area (Å²) in [4.78, 5) is 0. The number of ether oxygens (including phenoxy) is 1. The number of rotatable bonds is 5. The fourth-order valence-corrected chi connectivity index (χ4v) is 2.13. The van der Waals surface area contributed by atoms with Crippen LogP contribution < -0.4 is 5.73 Å². The van der Waals surface area contributed by atoms with Crippen LogP contribution >= 0.6 is 0 Å². The largest absolute Gasteiger partial charge is 0.394 e. The van der Waals surface area contributed by atoms with Crippen molar-refractivity contribution in [3.63, 3.8) is 0 Å². The predicted octanol–water partition coefficient (Wildman–Crippen LogP) is 1.36. The molecule has 0 heterocycles. The fourth-order valence-electron chi connectivity index (χ4n) is 2.13. The zero-order chi connectivity index (χ0) is 11.6. The molecule has 1 atom stereocenters. The Bertz CT molecular complexity index is 343. The van der Waals surface area contributed by atoms with Crippen molar-refractivity contribution < 1.29 is 9.84 Å². The Balaban J connectivity index is 2.13. The third-order valence-electron chi connectivity index (χ3n) is 3.42. The van der Waals surface area contributed by atoms with Crippen LogP contribution in [0.3, 0.4) is 0 Å². The van der Waals surface area contributed by atoms with Crippen molar-refractivity contribution in [2.45, 2.75) is 24.3 Å². The van der Waals surface area contributed by atoms with Crippen LogP contribution in [0.2, 0.25) is 0 Å². The maximum absolute atomic E-state index is 8.97. The van der Waals surface area contributed by atoms with Gasteiger partial charge in [0, 0.05) is 12.5 Å². The number of methoxy groups -OCH3 is 1. The Morgan fingerprint density at radius 2 is 2.00 bits per heavy atom. The Hall–Kier alpha value is -0.900. The second kappa shape index (κ2) is 4.53. The molecule has 16 heavy (non-hydrogen) atoms. The molecule has 0 spiro atoms. The van der Waals surface area contributed by atoms with Crippen LogP contribution in [0.15, 0.2) is 24.3 Å². The van der Waals surface area contributed by atoms with Crippen molar-refractivity contribution in [3.8, 4) is 0 Å². The smallest absolute Gasteiger partial charge is 0.0624 e. The molecule has 0 aliphatic heterocycles. The summed E-state index contributed by atoms with van der Waals surface area (Å²) in [7, 11) is 1.75. The summed E-state index contributed by atoms with van der Waals surface area (Å²) in [5.41, 5.74) is 8.31. The summed E-state index contributed by atoms with van der Waals surface area (Å²) in [6.45, 7) is 0.779. The van der Waals surface area contributed by atoms with Crippen LogP contribution in [-0.2, 0) is 10.2 Å². The lowest BCUT2D eigenvalue weighted by molar-refractivity contribution is 0.171. The van der Waals surface area contributed by atoms with E-state index in [-0.39, 0.29) is 18.1 Å². The number of nitrogens with two attached hydrogens (primary N) is 1. The van der Waals surface area contributed by atoms with Crippen LogP contribution in [0.5, 0.6) is 0 Å². The zero-order valence-corrected chi connectivity index (χ0v) is 9.65. The second-order valence-electron chi connectivity index (χ2n) is 4.62. The molecule has 2 rings (SSSR count). The third-order valence-corrected chi connectivity index (χ3v) is 3.42. The van der Waals surface area contributed by atoms with E-state index in [0.29, 0.717) is 0 Å². The van der Waals surface area contributed by atoms with E-state index in [0.717, 1.165) is 12.2 Å². The van der Waals surface area contributed by atoms with E-state index in [9.17, 15) is 0 Å². The number of hydrogen-bond acceptors (Lipinski definition) is 3. The van der Waals surface area contributed by atoms with Gasteiger partial charge < -0.3 is 15.6 Å². The van der Waals surface area contributed by atoms with Gasteiger partial charge in [-0.1, -0.05) is 24.3 Å². The fraction of sp³-hybridized carbons (Fsp3) is 0.538. The molecule has 1 aliphatic rings. The van der Waals surface area contributed by atoms with E-state index in [1.165, 1.54) is 18.4 Å². The molecule has 88 valence electrons. The predicted molar refractivity (Wildman–Crippen MR) is 63.2 cm³/mol. The van der Waals surface area contributed by atoms with Gasteiger partial charge in [0.05, 0.1) is 19.3 Å². The van der Waals surface area contributed by atoms with E-state index >= 15 is 0 Å². The average molecular weight is 221 g/mol. The van der Waals surface area contributed by atoms with Gasteiger partial charge in [0.15, 0.2) is 0 Å². The van der Waals surface area contributed by atoms with Crippen LogP contribution in [0, 0.1) is 0 Å². The summed E-state index contributed by atoms with van der Waals surface area (Å²) in [5.74, 6) is 0. The van der Waals surface area contributed by atoms with Crippen LogP contribution in [0.25, 0.3) is 0 Å². The standard InChI is InChI=1S/C13H19NO2/c1-16-9-13(6-7-13)11-4-2-10(3-5-11)12(14)8-15/h2-5,12,15H,6-9,14H2,1H3. The number of aliphatic hydroxyl groups excluding tert-OH is 1. The van der Waals surface area contributed by atoms with Crippen molar-refractivity contribution in [2.75, 3.05) is 20.3 Å². The molecule has 3 nitrogen and oxygen atoms in total. The van der Waals surface area contributed by atoms with Gasteiger partial charge in [0.2, 0.25) is 0 Å². The lowest BCUT2D eigenvalue weighted by Gasteiger charge is -2.16. The van der Waals surface area contributed by atoms with Gasteiger partial charge >= 0.3 is 0 Å². The highest BCUT2D eigenvalue weighted by molar-refractivity contribution is 5.34. The molecule has 1 aromatic rings. The SMILES string of the molecule is COCC1(c2ccc(C(N)CO)cc2)CC1. The maximum atomic E-state index is 8.97. The van der Waals surface area contributed by atoms with Crippen molar-refractivity contribution in [2.24, 2.45) is 5.73 Å². The molecule has 1 saturated carbocycles. The second-order valence-corrected chi connectivity index (χ2v) is 4.62. The summed E-state index contributed by atoms with van der Waals surface area (Å²) in [6.07, 6.45) is 2.40. The number of hydrogen-bond donors (Lipinski definition) is 2. The first-order chi connectivity index (χ1) is 7.72. The molecule has 1 fully saturated rings. The summed E-state index contributed by atoms with van der Waals surface area (Å²) >= 11 is 0. The lowest BCUT2D eigenvalue weighted by Crippen LogP contribution is -2.16. The van der Waals surface area contributed by atoms with Gasteiger partial charge in [0.1, 0.15) is 0 Å². The molecular weight excluding hydrogens is 202 g/mol. The Morgan fingerprint density at radius 3 is 2.44 bits per heavy atom. The molecule has 0 bridgehead atoms. The first-order valence-corrected chi connectivity index (χ1v) is 5.68. The summed E-state index contributed by atoms with van der Waals surface area (Å²) in [5, 5.41) is 8.97. The Kier molecular flexibility index (Phi) is 3.28. The summed E-state index contributed by atoms with van der Waals surface area (Å²) < 4.78 is 5.26. The molecular formula is C13H19NO2. The first kappa shape index (κ1) is 11.6. The quantitative estimate of drug-likeness (QED) is 0.789. The van der Waals surface area contributed by atoms with Gasteiger partial charge in [-0.15, -0.1) is 0 Å². The van der Waals surface area contributed by atoms with Crippen LogP contribution in [0.1, 0.15) is 30.0 Å². The summed E-state index contributed by atoms with van der Waals surface area (Å²) in [6, 6.07) is 7.96. The molecule has 1 aromatic carbocycles. The first-order valence-electron chi connectivity index (χ1n) is 5.68. The molecule has 1 aliphatic carbocycles. The van der Waals surface area contributed by atoms with E-state index < -0.39 is 0 Å². The molecule has 0 radical (unpaired) electrons. The van der Waals surface area contributed by atoms with Gasteiger partial charge in [0.25, 0.3) is 0 Å². The maximum Gasteiger partial charge on any atom is 0.0624 e. The lowest BCUT2D eigenvalue weighted by atomic mass is 9.95. The van der Waals surface area contributed by atoms with Crippen LogP contribution in [0.4, 0.5) is 0 Å².